The first-order valence-electron chi connectivity index (χ1n) is 7.24. The van der Waals surface area contributed by atoms with E-state index in [1.165, 1.54) is 12.1 Å². The van der Waals surface area contributed by atoms with Crippen LogP contribution in [0.25, 0.3) is 0 Å². The van der Waals surface area contributed by atoms with Gasteiger partial charge in [-0.15, -0.1) is 0 Å². The third kappa shape index (κ3) is 3.92. The highest BCUT2D eigenvalue weighted by Gasteiger charge is 2.26. The summed E-state index contributed by atoms with van der Waals surface area (Å²) >= 11 is 0. The molecule has 1 fully saturated rings. The van der Waals surface area contributed by atoms with Crippen LogP contribution in [-0.2, 0) is 11.3 Å². The minimum Gasteiger partial charge on any atom is -0.409 e. The van der Waals surface area contributed by atoms with E-state index in [0.717, 1.165) is 31.6 Å². The van der Waals surface area contributed by atoms with Crippen molar-refractivity contribution in [2.75, 3.05) is 13.2 Å². The number of oxime groups is 1. The first-order valence-corrected chi connectivity index (χ1v) is 7.24. The normalized spacial score (nSPS) is 22.7. The summed E-state index contributed by atoms with van der Waals surface area (Å²) in [7, 11) is 0. The van der Waals surface area contributed by atoms with E-state index in [0.29, 0.717) is 24.1 Å². The summed E-state index contributed by atoms with van der Waals surface area (Å²) in [6, 6.07) is 4.30. The van der Waals surface area contributed by atoms with Crippen LogP contribution < -0.4 is 11.1 Å². The molecule has 6 heteroatoms. The molecule has 1 aromatic rings. The molecular formula is C15H22FN3O2. The summed E-state index contributed by atoms with van der Waals surface area (Å²) in [5.74, 6) is 0.0141. The molecule has 0 aromatic heterocycles. The molecule has 1 saturated heterocycles. The van der Waals surface area contributed by atoms with Crippen LogP contribution in [-0.4, -0.2) is 30.3 Å². The number of nitrogens with zero attached hydrogens (tertiary/aromatic N) is 1. The summed E-state index contributed by atoms with van der Waals surface area (Å²) in [4.78, 5) is 0. The molecule has 0 spiro atoms. The Morgan fingerprint density at radius 2 is 2.38 bits per heavy atom. The van der Waals surface area contributed by atoms with Gasteiger partial charge in [-0.05, 0) is 36.5 Å². The van der Waals surface area contributed by atoms with Crippen molar-refractivity contribution in [1.29, 1.82) is 0 Å². The highest BCUT2D eigenvalue weighted by atomic mass is 19.1. The number of ether oxygens (including phenoxy) is 1. The van der Waals surface area contributed by atoms with Gasteiger partial charge in [0.25, 0.3) is 0 Å². The Labute approximate surface area is 124 Å². The van der Waals surface area contributed by atoms with E-state index in [2.05, 4.69) is 17.4 Å². The number of halogens is 1. The molecule has 2 rings (SSSR count). The van der Waals surface area contributed by atoms with Crippen LogP contribution >= 0.6 is 0 Å². The SMILES string of the molecule is CCC1OCCC1CNCc1ccc(F)cc1/C(N)=N/O. The van der Waals surface area contributed by atoms with Gasteiger partial charge in [-0.25, -0.2) is 4.39 Å². The molecule has 116 valence electrons. The van der Waals surface area contributed by atoms with Crippen LogP contribution in [0.4, 0.5) is 4.39 Å². The van der Waals surface area contributed by atoms with Gasteiger partial charge in [-0.3, -0.25) is 0 Å². The van der Waals surface area contributed by atoms with Crippen LogP contribution in [0.5, 0.6) is 0 Å². The van der Waals surface area contributed by atoms with Gasteiger partial charge in [-0.1, -0.05) is 18.1 Å². The zero-order valence-corrected chi connectivity index (χ0v) is 12.2. The van der Waals surface area contributed by atoms with Gasteiger partial charge < -0.3 is 21.0 Å². The molecule has 5 nitrogen and oxygen atoms in total. The van der Waals surface area contributed by atoms with Gasteiger partial charge in [0.1, 0.15) is 5.82 Å². The summed E-state index contributed by atoms with van der Waals surface area (Å²) in [6.07, 6.45) is 2.38. The Morgan fingerprint density at radius 3 is 3.10 bits per heavy atom. The van der Waals surface area contributed by atoms with Gasteiger partial charge in [0, 0.05) is 25.3 Å². The van der Waals surface area contributed by atoms with Crippen molar-refractivity contribution in [3.8, 4) is 0 Å². The Kier molecular flexibility index (Phi) is 5.52. The quantitative estimate of drug-likeness (QED) is 0.324. The highest BCUT2D eigenvalue weighted by Crippen LogP contribution is 2.22. The third-order valence-corrected chi connectivity index (χ3v) is 3.93. The van der Waals surface area contributed by atoms with E-state index >= 15 is 0 Å². The van der Waals surface area contributed by atoms with E-state index < -0.39 is 5.82 Å². The Bertz CT molecular complexity index is 508. The molecule has 1 aliphatic rings. The van der Waals surface area contributed by atoms with Gasteiger partial charge in [0.05, 0.1) is 6.10 Å². The van der Waals surface area contributed by atoms with Crippen molar-refractivity contribution in [2.45, 2.75) is 32.4 Å². The van der Waals surface area contributed by atoms with E-state index in [-0.39, 0.29) is 5.84 Å². The number of amidine groups is 1. The average molecular weight is 295 g/mol. The van der Waals surface area contributed by atoms with Crippen molar-refractivity contribution in [1.82, 2.24) is 5.32 Å². The molecule has 21 heavy (non-hydrogen) atoms. The Hall–Kier alpha value is -1.66. The van der Waals surface area contributed by atoms with Crippen molar-refractivity contribution in [2.24, 2.45) is 16.8 Å². The molecular weight excluding hydrogens is 273 g/mol. The van der Waals surface area contributed by atoms with Gasteiger partial charge in [0.15, 0.2) is 5.84 Å². The zero-order valence-electron chi connectivity index (χ0n) is 12.2. The lowest BCUT2D eigenvalue weighted by Crippen LogP contribution is -2.29. The summed E-state index contributed by atoms with van der Waals surface area (Å²) in [5, 5.41) is 15.1. The largest absolute Gasteiger partial charge is 0.409 e. The Balaban J connectivity index is 1.97. The molecule has 1 aromatic carbocycles. The van der Waals surface area contributed by atoms with E-state index in [4.69, 9.17) is 15.7 Å². The Morgan fingerprint density at radius 1 is 1.57 bits per heavy atom. The fraction of sp³-hybridized carbons (Fsp3) is 0.533. The minimum absolute atomic E-state index is 0.0815. The predicted molar refractivity (Wildman–Crippen MR) is 78.8 cm³/mol. The number of rotatable bonds is 6. The second-order valence-corrected chi connectivity index (χ2v) is 5.28. The predicted octanol–water partition coefficient (Wildman–Crippen LogP) is 1.82. The zero-order chi connectivity index (χ0) is 15.2. The van der Waals surface area contributed by atoms with Gasteiger partial charge in [-0.2, -0.15) is 0 Å². The number of hydrogen-bond donors (Lipinski definition) is 3. The maximum atomic E-state index is 13.3. The van der Waals surface area contributed by atoms with Crippen molar-refractivity contribution < 1.29 is 14.3 Å². The summed E-state index contributed by atoms with van der Waals surface area (Å²) in [5.41, 5.74) is 6.81. The smallest absolute Gasteiger partial charge is 0.170 e. The number of hydrogen-bond acceptors (Lipinski definition) is 4. The second kappa shape index (κ2) is 7.38. The summed E-state index contributed by atoms with van der Waals surface area (Å²) < 4.78 is 18.9. The molecule has 1 aliphatic heterocycles. The highest BCUT2D eigenvalue weighted by molar-refractivity contribution is 5.98. The second-order valence-electron chi connectivity index (χ2n) is 5.28. The van der Waals surface area contributed by atoms with Crippen LogP contribution in [0, 0.1) is 11.7 Å². The fourth-order valence-electron chi connectivity index (χ4n) is 2.76. The van der Waals surface area contributed by atoms with Crippen LogP contribution in [0.3, 0.4) is 0 Å². The van der Waals surface area contributed by atoms with E-state index in [1.54, 1.807) is 6.07 Å². The van der Waals surface area contributed by atoms with Crippen molar-refractivity contribution in [3.05, 3.63) is 35.1 Å². The van der Waals surface area contributed by atoms with Crippen LogP contribution in [0.2, 0.25) is 0 Å². The molecule has 0 saturated carbocycles. The molecule has 0 amide bonds. The number of nitrogens with two attached hydrogens (primary N) is 1. The lowest BCUT2D eigenvalue weighted by atomic mass is 9.99. The third-order valence-electron chi connectivity index (χ3n) is 3.93. The van der Waals surface area contributed by atoms with Gasteiger partial charge >= 0.3 is 0 Å². The maximum Gasteiger partial charge on any atom is 0.170 e. The topological polar surface area (TPSA) is 79.9 Å². The molecule has 0 radical (unpaired) electrons. The molecule has 2 atom stereocenters. The number of nitrogens with one attached hydrogen (secondary N) is 1. The molecule has 0 aliphatic carbocycles. The maximum absolute atomic E-state index is 13.3. The lowest BCUT2D eigenvalue weighted by molar-refractivity contribution is 0.0872. The molecule has 2 unspecified atom stereocenters. The monoisotopic (exact) mass is 295 g/mol. The summed E-state index contributed by atoms with van der Waals surface area (Å²) in [6.45, 7) is 4.32. The van der Waals surface area contributed by atoms with Gasteiger partial charge in [0.2, 0.25) is 0 Å². The van der Waals surface area contributed by atoms with E-state index in [1.807, 2.05) is 0 Å². The van der Waals surface area contributed by atoms with E-state index in [9.17, 15) is 4.39 Å². The lowest BCUT2D eigenvalue weighted by Gasteiger charge is -2.18. The average Bonchev–Trinajstić information content (AvgIpc) is 2.95. The minimum atomic E-state index is -0.407. The molecule has 1 heterocycles. The standard InChI is InChI=1S/C15H22FN3O2/c1-2-14-11(5-6-21-14)9-18-8-10-3-4-12(16)7-13(10)15(17)19-20/h3-4,7,11,14,18,20H,2,5-6,8-9H2,1H3,(H2,17,19). The van der Waals surface area contributed by atoms with Crippen LogP contribution in [0.15, 0.2) is 23.4 Å². The number of benzene rings is 1. The fourth-order valence-corrected chi connectivity index (χ4v) is 2.76. The first-order chi connectivity index (χ1) is 10.2. The first kappa shape index (κ1) is 15.7. The van der Waals surface area contributed by atoms with Crippen molar-refractivity contribution >= 4 is 5.84 Å². The molecule has 4 N–H and O–H groups in total. The van der Waals surface area contributed by atoms with Crippen molar-refractivity contribution in [3.63, 3.8) is 0 Å². The molecule has 0 bridgehead atoms. The van der Waals surface area contributed by atoms with Crippen LogP contribution in [0.1, 0.15) is 30.9 Å².